The molecule has 1 aliphatic heterocycles. The zero-order valence-corrected chi connectivity index (χ0v) is 12.9. The Hall–Kier alpha value is -0.765. The molecule has 0 aromatic carbocycles. The van der Waals surface area contributed by atoms with Gasteiger partial charge in [0.1, 0.15) is 7.28 Å². The van der Waals surface area contributed by atoms with Crippen LogP contribution >= 0.6 is 0 Å². The third kappa shape index (κ3) is 3.62. The molecule has 0 aliphatic carbocycles. The summed E-state index contributed by atoms with van der Waals surface area (Å²) in [5.41, 5.74) is 0.134. The molecule has 1 radical (unpaired) electrons. The number of hydrogen-bond donors (Lipinski definition) is 1. The second kappa shape index (κ2) is 5.32. The molecule has 0 spiro atoms. The maximum Gasteiger partial charge on any atom is 0.303 e. The van der Waals surface area contributed by atoms with E-state index in [0.717, 1.165) is 5.57 Å². The molecule has 1 aliphatic rings. The van der Waals surface area contributed by atoms with Gasteiger partial charge in [-0.2, -0.15) is 0 Å². The minimum atomic E-state index is -0.810. The Morgan fingerprint density at radius 1 is 1.42 bits per heavy atom. The van der Waals surface area contributed by atoms with E-state index in [0.29, 0.717) is 19.3 Å². The number of carbonyl (C=O) groups is 1. The summed E-state index contributed by atoms with van der Waals surface area (Å²) in [5.74, 6) is -0.189. The molecule has 2 atom stereocenters. The maximum absolute atomic E-state index is 12.0. The van der Waals surface area contributed by atoms with E-state index in [9.17, 15) is 9.90 Å². The highest BCUT2D eigenvalue weighted by atomic mass is 16.5. The molecule has 3 nitrogen and oxygen atoms in total. The van der Waals surface area contributed by atoms with Crippen LogP contribution in [0.4, 0.5) is 0 Å². The summed E-state index contributed by atoms with van der Waals surface area (Å²) in [6.45, 7) is 13.9. The Bertz CT molecular complexity index is 378. The van der Waals surface area contributed by atoms with E-state index in [4.69, 9.17) is 4.74 Å². The molecule has 2 unspecified atom stereocenters. The summed E-state index contributed by atoms with van der Waals surface area (Å²) < 4.78 is 5.32. The van der Waals surface area contributed by atoms with Crippen molar-refractivity contribution in [1.82, 2.24) is 0 Å². The van der Waals surface area contributed by atoms with Gasteiger partial charge in [0, 0.05) is 11.7 Å². The van der Waals surface area contributed by atoms with Gasteiger partial charge in [-0.05, 0) is 19.8 Å². The number of rotatable bonds is 7. The first kappa shape index (κ1) is 16.3. The van der Waals surface area contributed by atoms with E-state index in [1.165, 1.54) is 0 Å². The van der Waals surface area contributed by atoms with Gasteiger partial charge < -0.3 is 9.84 Å². The summed E-state index contributed by atoms with van der Waals surface area (Å²) in [6.07, 6.45) is 1.64. The summed E-state index contributed by atoms with van der Waals surface area (Å²) in [6, 6.07) is 0. The van der Waals surface area contributed by atoms with Crippen molar-refractivity contribution in [3.63, 3.8) is 0 Å². The minimum Gasteiger partial charge on any atom is -0.466 e. The summed E-state index contributed by atoms with van der Waals surface area (Å²) >= 11 is 0. The lowest BCUT2D eigenvalue weighted by Crippen LogP contribution is -2.30. The molecule has 4 heteroatoms. The monoisotopic (exact) mass is 265 g/mol. The minimum absolute atomic E-state index is 0.0805. The van der Waals surface area contributed by atoms with Crippen LogP contribution in [0.3, 0.4) is 0 Å². The first-order valence-electron chi connectivity index (χ1n) is 6.97. The van der Waals surface area contributed by atoms with Crippen LogP contribution in [0, 0.1) is 0 Å². The molecule has 0 saturated carbocycles. The van der Waals surface area contributed by atoms with Gasteiger partial charge in [0.05, 0.1) is 12.2 Å². The highest BCUT2D eigenvalue weighted by Gasteiger charge is 2.64. The van der Waals surface area contributed by atoms with Crippen molar-refractivity contribution in [2.45, 2.75) is 70.1 Å². The van der Waals surface area contributed by atoms with E-state index in [1.807, 2.05) is 41.9 Å². The lowest BCUT2D eigenvalue weighted by Gasteiger charge is -2.27. The van der Waals surface area contributed by atoms with Crippen LogP contribution in [-0.2, 0) is 9.53 Å². The number of aliphatic hydroxyl groups is 1. The molecule has 0 amide bonds. The fourth-order valence-electron chi connectivity index (χ4n) is 2.44. The third-order valence-corrected chi connectivity index (χ3v) is 4.42. The Labute approximate surface area is 117 Å². The van der Waals surface area contributed by atoms with Crippen molar-refractivity contribution < 1.29 is 14.6 Å². The number of esters is 1. The molecule has 107 valence electrons. The average molecular weight is 265 g/mol. The Morgan fingerprint density at radius 3 is 2.32 bits per heavy atom. The second-order valence-corrected chi connectivity index (χ2v) is 6.67. The molecule has 1 N–H and O–H groups in total. The van der Waals surface area contributed by atoms with Crippen LogP contribution in [-0.4, -0.2) is 30.6 Å². The van der Waals surface area contributed by atoms with E-state index in [2.05, 4.69) is 6.58 Å². The SMILES string of the molecule is C=C(C)CC(O)(CC)CCOC(=O)C1(C)[B]C1(C)C. The van der Waals surface area contributed by atoms with E-state index >= 15 is 0 Å². The molecular formula is C15H26BO3. The number of carbonyl (C=O) groups excluding carboxylic acids is 1. The molecule has 19 heavy (non-hydrogen) atoms. The van der Waals surface area contributed by atoms with Gasteiger partial charge in [0.25, 0.3) is 0 Å². The van der Waals surface area contributed by atoms with Crippen LogP contribution < -0.4 is 0 Å². The molecule has 0 bridgehead atoms. The molecule has 1 heterocycles. The Morgan fingerprint density at radius 2 is 1.95 bits per heavy atom. The number of hydrogen-bond acceptors (Lipinski definition) is 3. The van der Waals surface area contributed by atoms with Gasteiger partial charge in [0.15, 0.2) is 0 Å². The van der Waals surface area contributed by atoms with Crippen LogP contribution in [0.1, 0.15) is 53.9 Å². The lowest BCUT2D eigenvalue weighted by molar-refractivity contribution is -0.147. The summed E-state index contributed by atoms with van der Waals surface area (Å²) in [5, 5.41) is 9.82. The van der Waals surface area contributed by atoms with Crippen molar-refractivity contribution in [2.24, 2.45) is 0 Å². The zero-order valence-electron chi connectivity index (χ0n) is 12.9. The van der Waals surface area contributed by atoms with E-state index in [1.54, 1.807) is 0 Å². The van der Waals surface area contributed by atoms with Crippen molar-refractivity contribution in [3.8, 4) is 0 Å². The molecular weight excluding hydrogens is 239 g/mol. The predicted octanol–water partition coefficient (Wildman–Crippen LogP) is 3.12. The van der Waals surface area contributed by atoms with Crippen LogP contribution in [0.25, 0.3) is 0 Å². The quantitative estimate of drug-likeness (QED) is 0.437. The van der Waals surface area contributed by atoms with Gasteiger partial charge in [-0.1, -0.05) is 38.6 Å². The Kier molecular flexibility index (Phi) is 4.56. The second-order valence-electron chi connectivity index (χ2n) is 6.67. The van der Waals surface area contributed by atoms with Gasteiger partial charge >= 0.3 is 5.97 Å². The first-order chi connectivity index (χ1) is 8.56. The topological polar surface area (TPSA) is 46.5 Å². The van der Waals surface area contributed by atoms with Crippen LogP contribution in [0.15, 0.2) is 12.2 Å². The Balaban J connectivity index is 2.42. The van der Waals surface area contributed by atoms with Crippen molar-refractivity contribution >= 4 is 13.2 Å². The van der Waals surface area contributed by atoms with E-state index < -0.39 is 10.9 Å². The zero-order chi connectivity index (χ0) is 14.9. The standard InChI is InChI=1S/C15H26BO3/c1-7-15(18,10-11(2)3)8-9-19-12(17)14(6)13(4,5)16-14/h18H,2,7-10H2,1,3-6H3. The normalized spacial score (nSPS) is 27.1. The van der Waals surface area contributed by atoms with Crippen molar-refractivity contribution in [1.29, 1.82) is 0 Å². The van der Waals surface area contributed by atoms with Gasteiger partial charge in [-0.25, -0.2) is 0 Å². The highest BCUT2D eigenvalue weighted by Crippen LogP contribution is 2.68. The van der Waals surface area contributed by atoms with Crippen molar-refractivity contribution in [2.75, 3.05) is 6.61 Å². The van der Waals surface area contributed by atoms with Gasteiger partial charge in [0.2, 0.25) is 0 Å². The predicted molar refractivity (Wildman–Crippen MR) is 78.4 cm³/mol. The molecule has 1 rings (SSSR count). The van der Waals surface area contributed by atoms with E-state index in [-0.39, 0.29) is 17.9 Å². The summed E-state index contributed by atoms with van der Waals surface area (Å²) in [7, 11) is 2.00. The van der Waals surface area contributed by atoms with Crippen LogP contribution in [0.5, 0.6) is 0 Å². The fraction of sp³-hybridized carbons (Fsp3) is 0.800. The third-order valence-electron chi connectivity index (χ3n) is 4.42. The average Bonchev–Trinajstić information content (AvgIpc) is 2.78. The van der Waals surface area contributed by atoms with Gasteiger partial charge in [-0.3, -0.25) is 4.79 Å². The maximum atomic E-state index is 12.0. The number of ether oxygens (including phenoxy) is 1. The van der Waals surface area contributed by atoms with Crippen molar-refractivity contribution in [3.05, 3.63) is 12.2 Å². The molecule has 0 aromatic rings. The molecule has 0 aromatic heterocycles. The lowest BCUT2D eigenvalue weighted by atomic mass is 9.88. The largest absolute Gasteiger partial charge is 0.466 e. The molecule has 1 saturated heterocycles. The van der Waals surface area contributed by atoms with Gasteiger partial charge in [-0.15, -0.1) is 6.58 Å². The first-order valence-corrected chi connectivity index (χ1v) is 6.97. The highest BCUT2D eigenvalue weighted by molar-refractivity contribution is 6.66. The van der Waals surface area contributed by atoms with Crippen LogP contribution in [0.2, 0.25) is 10.6 Å². The smallest absolute Gasteiger partial charge is 0.303 e. The fourth-order valence-corrected chi connectivity index (χ4v) is 2.44. The summed E-state index contributed by atoms with van der Waals surface area (Å²) in [4.78, 5) is 12.0. The molecule has 1 fully saturated rings.